The van der Waals surface area contributed by atoms with Crippen molar-refractivity contribution in [3.05, 3.63) is 35.4 Å². The molecule has 1 rings (SSSR count). The van der Waals surface area contributed by atoms with E-state index in [-0.39, 0.29) is 20.3 Å². The van der Waals surface area contributed by atoms with E-state index in [1.807, 2.05) is 0 Å². The van der Waals surface area contributed by atoms with Crippen molar-refractivity contribution in [3.63, 3.8) is 0 Å². The Balaban J connectivity index is 3.32. The summed E-state index contributed by atoms with van der Waals surface area (Å²) in [7, 11) is 10.7. The van der Waals surface area contributed by atoms with Crippen LogP contribution in [0.4, 0.5) is 0 Å². The van der Waals surface area contributed by atoms with E-state index in [9.17, 15) is 10.2 Å². The van der Waals surface area contributed by atoms with E-state index in [1.54, 1.807) is 66.6 Å². The van der Waals surface area contributed by atoms with Gasteiger partial charge in [0.05, 0.1) is 54.1 Å². The molecule has 0 aliphatic heterocycles. The molecule has 0 fully saturated rings. The van der Waals surface area contributed by atoms with Gasteiger partial charge in [0.15, 0.2) is 0 Å². The third-order valence-corrected chi connectivity index (χ3v) is 2.17. The van der Waals surface area contributed by atoms with E-state index in [0.29, 0.717) is 0 Å². The average Bonchev–Trinajstić information content (AvgIpc) is 2.24. The van der Waals surface area contributed by atoms with Crippen molar-refractivity contribution in [1.29, 1.82) is 0 Å². The van der Waals surface area contributed by atoms with Crippen LogP contribution in [0.1, 0.15) is 11.1 Å². The number of hydrogen-bond donors (Lipinski definition) is 0. The van der Waals surface area contributed by atoms with E-state index in [0.717, 1.165) is 0 Å². The van der Waals surface area contributed by atoms with Crippen molar-refractivity contribution in [2.75, 3.05) is 42.3 Å². The second-order valence-corrected chi connectivity index (χ2v) is 6.24. The fourth-order valence-corrected chi connectivity index (χ4v) is 1.51. The van der Waals surface area contributed by atoms with Crippen LogP contribution in [0, 0.1) is 0 Å². The minimum Gasteiger partial charge on any atom is -0.855 e. The van der Waals surface area contributed by atoms with E-state index >= 15 is 0 Å². The van der Waals surface area contributed by atoms with Gasteiger partial charge in [-0.05, 0) is 11.1 Å². The molecule has 0 atom stereocenters. The molecule has 0 aliphatic rings. The standard InChI is InChI=1S/C14H22N4O2/c1-17(2,3)15-13(19)11-9-7-8-10-12(11)14(20)16-18(4,5)6/h7-10H,1-6H3. The highest BCUT2D eigenvalue weighted by atomic mass is 16.3. The number of benzene rings is 1. The first-order valence-electron chi connectivity index (χ1n) is 6.27. The maximum absolute atomic E-state index is 12.2. The van der Waals surface area contributed by atoms with Gasteiger partial charge in [-0.15, -0.1) is 0 Å². The van der Waals surface area contributed by atoms with E-state index in [4.69, 9.17) is 0 Å². The smallest absolute Gasteiger partial charge is 0.0923 e. The van der Waals surface area contributed by atoms with Crippen molar-refractivity contribution < 1.29 is 19.4 Å². The Kier molecular flexibility index (Phi) is 4.52. The number of nitrogens with zero attached hydrogens (tertiary/aromatic N) is 4. The van der Waals surface area contributed by atoms with E-state index < -0.39 is 11.8 Å². The first-order chi connectivity index (χ1) is 8.99. The molecule has 0 aromatic heterocycles. The zero-order valence-corrected chi connectivity index (χ0v) is 12.9. The zero-order valence-electron chi connectivity index (χ0n) is 12.9. The Morgan fingerprint density at radius 3 is 1.30 bits per heavy atom. The summed E-state index contributed by atoms with van der Waals surface area (Å²) in [5.41, 5.74) is 0.561. The van der Waals surface area contributed by atoms with Gasteiger partial charge in [-0.2, -0.15) is 0 Å². The van der Waals surface area contributed by atoms with Crippen LogP contribution in [0.2, 0.25) is 0 Å². The van der Waals surface area contributed by atoms with Gasteiger partial charge in [0.1, 0.15) is 0 Å². The highest BCUT2D eigenvalue weighted by Gasteiger charge is 2.10. The molecule has 0 amide bonds. The number of quaternary nitrogens is 2. The van der Waals surface area contributed by atoms with Crippen LogP contribution >= 0.6 is 0 Å². The molecule has 110 valence electrons. The molecule has 0 heterocycles. The van der Waals surface area contributed by atoms with Crippen molar-refractivity contribution in [2.24, 2.45) is 10.2 Å². The third-order valence-electron chi connectivity index (χ3n) is 2.17. The largest absolute Gasteiger partial charge is 0.855 e. The molecule has 0 unspecified atom stereocenters. The van der Waals surface area contributed by atoms with Gasteiger partial charge >= 0.3 is 0 Å². The van der Waals surface area contributed by atoms with Gasteiger partial charge in [-0.25, -0.2) is 9.18 Å². The van der Waals surface area contributed by atoms with Crippen molar-refractivity contribution in [1.82, 2.24) is 0 Å². The first kappa shape index (κ1) is 16.1. The zero-order chi connectivity index (χ0) is 15.6. The van der Waals surface area contributed by atoms with Gasteiger partial charge in [-0.3, -0.25) is 0 Å². The van der Waals surface area contributed by atoms with Gasteiger partial charge in [0, 0.05) is 0 Å². The number of rotatable bonds is 4. The molecule has 0 radical (unpaired) electrons. The van der Waals surface area contributed by atoms with Crippen LogP contribution in [0.5, 0.6) is 0 Å². The lowest BCUT2D eigenvalue weighted by molar-refractivity contribution is -0.878. The monoisotopic (exact) mass is 278 g/mol. The van der Waals surface area contributed by atoms with Crippen molar-refractivity contribution in [2.45, 2.75) is 0 Å². The Bertz CT molecular complexity index is 488. The third kappa shape index (κ3) is 4.99. The minimum atomic E-state index is -0.418. The molecule has 1 aromatic rings. The molecule has 6 nitrogen and oxygen atoms in total. The summed E-state index contributed by atoms with van der Waals surface area (Å²) < 4.78 is 0.293. The molecular formula is C14H22N4O2. The van der Waals surface area contributed by atoms with Crippen molar-refractivity contribution in [3.8, 4) is 0 Å². The summed E-state index contributed by atoms with van der Waals surface area (Å²) in [6, 6.07) is 6.61. The highest BCUT2D eigenvalue weighted by molar-refractivity contribution is 6.03. The number of hydrogen-bond acceptors (Lipinski definition) is 4. The topological polar surface area (TPSA) is 70.8 Å². The molecule has 20 heavy (non-hydrogen) atoms. The molecule has 0 saturated heterocycles. The normalized spacial score (nSPS) is 14.5. The fourth-order valence-electron chi connectivity index (χ4n) is 1.51. The first-order valence-corrected chi connectivity index (χ1v) is 6.27. The lowest BCUT2D eigenvalue weighted by Gasteiger charge is -2.24. The fraction of sp³-hybridized carbons (Fsp3) is 0.429. The van der Waals surface area contributed by atoms with Gasteiger partial charge < -0.3 is 10.2 Å². The van der Waals surface area contributed by atoms with Crippen LogP contribution in [0.15, 0.2) is 34.5 Å². The summed E-state index contributed by atoms with van der Waals surface area (Å²) in [5.74, 6) is -0.837. The highest BCUT2D eigenvalue weighted by Crippen LogP contribution is 2.10. The summed E-state index contributed by atoms with van der Waals surface area (Å²) in [5, 5.41) is 32.4. The average molecular weight is 278 g/mol. The Labute approximate surface area is 120 Å². The van der Waals surface area contributed by atoms with Gasteiger partial charge in [0.25, 0.3) is 0 Å². The van der Waals surface area contributed by atoms with E-state index in [1.165, 1.54) is 0 Å². The summed E-state index contributed by atoms with van der Waals surface area (Å²) in [6.45, 7) is 0. The van der Waals surface area contributed by atoms with Crippen LogP contribution < -0.4 is 10.2 Å². The molecule has 0 saturated carbocycles. The lowest BCUT2D eigenvalue weighted by atomic mass is 10.1. The Hall–Kier alpha value is -1.92. The maximum Gasteiger partial charge on any atom is 0.0923 e. The second-order valence-electron chi connectivity index (χ2n) is 6.24. The summed E-state index contributed by atoms with van der Waals surface area (Å²) >= 11 is 0. The Morgan fingerprint density at radius 2 is 1.05 bits per heavy atom. The molecule has 0 spiro atoms. The van der Waals surface area contributed by atoms with Gasteiger partial charge in [0.2, 0.25) is 0 Å². The van der Waals surface area contributed by atoms with Crippen molar-refractivity contribution >= 4 is 11.8 Å². The lowest BCUT2D eigenvalue weighted by Crippen LogP contribution is -2.36. The molecule has 1 aromatic carbocycles. The molecule has 0 N–H and O–H groups in total. The predicted octanol–water partition coefficient (Wildman–Crippen LogP) is -0.857. The van der Waals surface area contributed by atoms with E-state index in [2.05, 4.69) is 10.2 Å². The molecule has 6 heteroatoms. The predicted molar refractivity (Wildman–Crippen MR) is 75.6 cm³/mol. The molecule has 0 aliphatic carbocycles. The molecule has 0 bridgehead atoms. The van der Waals surface area contributed by atoms with Crippen LogP contribution in [0.3, 0.4) is 0 Å². The summed E-state index contributed by atoms with van der Waals surface area (Å²) in [6.07, 6.45) is 0. The quantitative estimate of drug-likeness (QED) is 0.311. The maximum atomic E-state index is 12.2. The molecular weight excluding hydrogens is 256 g/mol. The van der Waals surface area contributed by atoms with Crippen LogP contribution in [-0.4, -0.2) is 63.3 Å². The second kappa shape index (κ2) is 5.60. The van der Waals surface area contributed by atoms with Crippen LogP contribution in [-0.2, 0) is 0 Å². The summed E-state index contributed by atoms with van der Waals surface area (Å²) in [4.78, 5) is 0. The Morgan fingerprint density at radius 1 is 0.750 bits per heavy atom. The SMILES string of the molecule is C[N+](C)(C)/N=C(\[O-])c1ccccc1/C([O-])=N/[N+](C)(C)C. The van der Waals surface area contributed by atoms with Gasteiger partial charge in [-0.1, -0.05) is 34.5 Å². The minimum absolute atomic E-state index is 0.147. The van der Waals surface area contributed by atoms with Crippen LogP contribution in [0.25, 0.3) is 0 Å².